The van der Waals surface area contributed by atoms with Crippen molar-refractivity contribution in [2.24, 2.45) is 28.6 Å². The van der Waals surface area contributed by atoms with E-state index in [1.807, 2.05) is 41.5 Å². The molecule has 9 aliphatic rings. The first kappa shape index (κ1) is 63.4. The first-order valence-electron chi connectivity index (χ1n) is 30.2. The van der Waals surface area contributed by atoms with Crippen molar-refractivity contribution in [3.8, 4) is 0 Å². The van der Waals surface area contributed by atoms with Crippen molar-refractivity contribution < 1.29 is 95.6 Å². The van der Waals surface area contributed by atoms with E-state index in [1.165, 1.54) is 5.57 Å². The Kier molecular flexibility index (Phi) is 20.4. The quantitative estimate of drug-likeness (QED) is 0.0819. The number of carbonyl (C=O) groups is 2. The summed E-state index contributed by atoms with van der Waals surface area (Å²) < 4.78 is 101. The Labute approximate surface area is 480 Å². The van der Waals surface area contributed by atoms with Crippen LogP contribution in [0.1, 0.15) is 146 Å². The highest BCUT2D eigenvalue weighted by molar-refractivity contribution is 5.88. The summed E-state index contributed by atoms with van der Waals surface area (Å²) >= 11 is 0. The molecule has 5 heterocycles. The fourth-order valence-corrected chi connectivity index (χ4v) is 16.1. The fourth-order valence-electron chi connectivity index (χ4n) is 16.1. The van der Waals surface area contributed by atoms with Crippen LogP contribution in [0.4, 0.5) is 0 Å². The smallest absolute Gasteiger partial charge is 0.333 e. The maximum absolute atomic E-state index is 13.4. The molecule has 20 heteroatoms. The molecule has 4 aliphatic carbocycles. The number of allylic oxidation sites excluding steroid dienone is 2. The molecule has 28 atom stereocenters. The minimum Gasteiger partial charge on any atom is -0.458 e. The zero-order valence-corrected chi connectivity index (χ0v) is 50.8. The molecule has 0 radical (unpaired) electrons. The van der Waals surface area contributed by atoms with Crippen molar-refractivity contribution in [3.63, 3.8) is 0 Å². The Morgan fingerprint density at radius 3 is 1.42 bits per heavy atom. The highest BCUT2D eigenvalue weighted by atomic mass is 16.8. The van der Waals surface area contributed by atoms with Gasteiger partial charge in [-0.15, -0.1) is 0 Å². The number of methoxy groups -OCH3 is 5. The van der Waals surface area contributed by atoms with Crippen molar-refractivity contribution in [2.45, 2.75) is 287 Å². The van der Waals surface area contributed by atoms with E-state index < -0.39 is 128 Å². The van der Waals surface area contributed by atoms with Gasteiger partial charge in [0.25, 0.3) is 0 Å². The maximum atomic E-state index is 13.4. The number of carbonyl (C=O) groups excluding carboxylic acids is 2. The summed E-state index contributed by atoms with van der Waals surface area (Å²) in [6.07, 6.45) is 0.391. The highest BCUT2D eigenvalue weighted by Gasteiger charge is 2.71. The van der Waals surface area contributed by atoms with Crippen molar-refractivity contribution in [2.75, 3.05) is 35.5 Å². The van der Waals surface area contributed by atoms with E-state index in [0.29, 0.717) is 63.4 Å². The Morgan fingerprint density at radius 1 is 0.580 bits per heavy atom. The second-order valence-electron chi connectivity index (χ2n) is 25.4. The largest absolute Gasteiger partial charge is 0.458 e. The van der Waals surface area contributed by atoms with Crippen LogP contribution >= 0.6 is 0 Å². The molecular weight excluding hydrogens is 1050 g/mol. The molecule has 20 nitrogen and oxygen atoms in total. The van der Waals surface area contributed by atoms with Crippen molar-refractivity contribution in [3.05, 3.63) is 23.3 Å². The van der Waals surface area contributed by atoms with Crippen molar-refractivity contribution in [1.82, 2.24) is 0 Å². The van der Waals surface area contributed by atoms with Gasteiger partial charge in [-0.25, -0.2) is 4.79 Å². The SMILES string of the molecule is C/C=C(\C)C(=O)O[C@@H]1CC2C(CC=C3C[C@@H](O[C@H]4C[C@H](OC)[C@H](O[C@H]5C[C@H](OC)[C@H](O[C@H]6C[C@H](OC)[C@H](O[C@H]7C[C@H](OC)[C@H](O[C@H]8C[C@@H](OC)[C@H](O)[C@@H](C)O8)[C@@H](C)O7)[C@@H](C)O6)[C@@H](C)O5)[C@@H](C)O4)CC[C@@]32C)[C@@]2(O)CC[C@H](C(C)=O)[C@@]12C. The third kappa shape index (κ3) is 12.5. The zero-order valence-electron chi connectivity index (χ0n) is 50.8. The number of aliphatic hydroxyl groups excluding tert-OH is 1. The van der Waals surface area contributed by atoms with Crippen LogP contribution in [-0.4, -0.2) is 198 Å². The van der Waals surface area contributed by atoms with E-state index in [9.17, 15) is 19.8 Å². The summed E-state index contributed by atoms with van der Waals surface area (Å²) in [4.78, 5) is 26.6. The molecule has 2 N–H and O–H groups in total. The lowest BCUT2D eigenvalue weighted by atomic mass is 9.45. The van der Waals surface area contributed by atoms with Crippen molar-refractivity contribution in [1.29, 1.82) is 0 Å². The van der Waals surface area contributed by atoms with Gasteiger partial charge in [0.05, 0.1) is 72.7 Å². The van der Waals surface area contributed by atoms with Gasteiger partial charge >= 0.3 is 5.97 Å². The molecule has 0 aromatic rings. The van der Waals surface area contributed by atoms with Gasteiger partial charge in [-0.1, -0.05) is 31.6 Å². The molecule has 0 bridgehead atoms. The van der Waals surface area contributed by atoms with Crippen LogP contribution in [0.2, 0.25) is 0 Å². The average Bonchev–Trinajstić information content (AvgIpc) is 2.06. The van der Waals surface area contributed by atoms with Crippen molar-refractivity contribution >= 4 is 11.8 Å². The van der Waals surface area contributed by atoms with Crippen LogP contribution in [0.3, 0.4) is 0 Å². The number of ketones is 1. The second kappa shape index (κ2) is 26.1. The number of hydrogen-bond acceptors (Lipinski definition) is 20. The van der Waals surface area contributed by atoms with Gasteiger partial charge in [0.2, 0.25) is 0 Å². The van der Waals surface area contributed by atoms with Gasteiger partial charge < -0.3 is 86.0 Å². The lowest BCUT2D eigenvalue weighted by molar-refractivity contribution is -0.352. The van der Waals surface area contributed by atoms with Crippen LogP contribution in [0.25, 0.3) is 0 Å². The summed E-state index contributed by atoms with van der Waals surface area (Å²) in [5, 5.41) is 23.4. The minimum atomic E-state index is -1.16. The van der Waals surface area contributed by atoms with Crippen LogP contribution in [0, 0.1) is 28.6 Å². The molecule has 5 saturated heterocycles. The molecule has 0 aromatic heterocycles. The monoisotopic (exact) mass is 1150 g/mol. The number of fused-ring (bicyclic) bond motifs is 5. The lowest BCUT2D eigenvalue weighted by Gasteiger charge is -2.63. The molecule has 0 aromatic carbocycles. The number of rotatable bonds is 18. The fraction of sp³-hybridized carbons (Fsp3) is 0.902. The molecule has 0 spiro atoms. The Bertz CT molecular complexity index is 2200. The summed E-state index contributed by atoms with van der Waals surface area (Å²) in [7, 11) is 8.22. The minimum absolute atomic E-state index is 0.0391. The molecular formula is C61H98O20. The van der Waals surface area contributed by atoms with Crippen LogP contribution in [-0.2, 0) is 85.4 Å². The summed E-state index contributed by atoms with van der Waals surface area (Å²) in [5.41, 5.74) is -0.462. The van der Waals surface area contributed by atoms with Gasteiger partial charge in [0, 0.05) is 84.6 Å². The van der Waals surface area contributed by atoms with E-state index in [0.717, 1.165) is 19.3 Å². The number of esters is 1. The maximum Gasteiger partial charge on any atom is 0.333 e. The first-order valence-corrected chi connectivity index (χ1v) is 30.2. The second-order valence-corrected chi connectivity index (χ2v) is 25.4. The molecule has 2 unspecified atom stereocenters. The van der Waals surface area contributed by atoms with Gasteiger partial charge in [0.1, 0.15) is 42.4 Å². The Hall–Kier alpha value is -2.06. The molecule has 8 fully saturated rings. The normalized spacial score (nSPS) is 49.5. The summed E-state index contributed by atoms with van der Waals surface area (Å²) in [6, 6.07) is 0. The topological polar surface area (TPSA) is 222 Å². The van der Waals surface area contributed by atoms with Gasteiger partial charge in [-0.05, 0) is 118 Å². The van der Waals surface area contributed by atoms with E-state index in [-0.39, 0.29) is 53.4 Å². The Morgan fingerprint density at radius 2 is 1.00 bits per heavy atom. The molecule has 5 aliphatic heterocycles. The number of Topliss-reactive ketones (excluding diaryl/α,β-unsaturated/α-hetero) is 1. The third-order valence-electron chi connectivity index (χ3n) is 21.0. The number of hydrogen-bond donors (Lipinski definition) is 2. The molecule has 462 valence electrons. The van der Waals surface area contributed by atoms with E-state index >= 15 is 0 Å². The van der Waals surface area contributed by atoms with Crippen LogP contribution in [0.15, 0.2) is 23.3 Å². The van der Waals surface area contributed by atoms with E-state index in [2.05, 4.69) is 13.0 Å². The van der Waals surface area contributed by atoms with Gasteiger partial charge in [-0.2, -0.15) is 0 Å². The standard InChI is InChI=1S/C61H98O20/c1-16-30(2)58(64)77-47-24-41-40(61(65)22-20-39(31(3)62)60(47,61)10)18-17-37-23-38(19-21-59(37,41)9)76-48-26-43(67-12)54(33(5)72-48)79-50-28-45(69-14)56(35(7)74-50)81-52-29-46(70-15)57(36(8)75-52)80-51-27-44(68-13)55(34(6)73-51)78-49-25-42(66-11)53(63)32(4)71-49/h16-17,32-36,38-57,63,65H,18-29H2,1-15H3/b30-16+/t32-,33-,34-,35-,36-,38+,39-,40?,41?,42-,43+,44+,45+,46+,47-,48+,49+,50+,51+,52+,53-,54-,55-,56-,57-,59+,60+,61+/m1/s1. The van der Waals surface area contributed by atoms with Gasteiger partial charge in [-0.3, -0.25) is 4.79 Å². The zero-order chi connectivity index (χ0) is 58.5. The highest BCUT2D eigenvalue weighted by Crippen LogP contribution is 2.69. The predicted octanol–water partition coefficient (Wildman–Crippen LogP) is 6.79. The third-order valence-corrected chi connectivity index (χ3v) is 21.0. The number of aliphatic hydroxyl groups is 2. The average molecular weight is 1150 g/mol. The molecule has 3 saturated carbocycles. The number of ether oxygens (including phenoxy) is 16. The predicted molar refractivity (Wildman–Crippen MR) is 291 cm³/mol. The lowest BCUT2D eigenvalue weighted by Crippen LogP contribution is -2.66. The van der Waals surface area contributed by atoms with E-state index in [1.54, 1.807) is 62.4 Å². The van der Waals surface area contributed by atoms with Crippen LogP contribution in [0.5, 0.6) is 0 Å². The molecule has 0 amide bonds. The molecule has 81 heavy (non-hydrogen) atoms. The first-order chi connectivity index (χ1) is 38.5. The van der Waals surface area contributed by atoms with Crippen LogP contribution < -0.4 is 0 Å². The van der Waals surface area contributed by atoms with Gasteiger partial charge in [0.15, 0.2) is 31.5 Å². The Balaban J connectivity index is 0.763. The molecule has 9 rings (SSSR count). The van der Waals surface area contributed by atoms with E-state index in [4.69, 9.17) is 75.8 Å². The summed E-state index contributed by atoms with van der Waals surface area (Å²) in [6.45, 7) is 19.1. The summed E-state index contributed by atoms with van der Waals surface area (Å²) in [5.74, 6) is -0.746.